The van der Waals surface area contributed by atoms with Gasteiger partial charge in [0, 0.05) is 13.2 Å². The molecule has 28 heteroatoms. The highest BCUT2D eigenvalue weighted by Gasteiger charge is 2.56. The van der Waals surface area contributed by atoms with Crippen LogP contribution >= 0.6 is 158 Å². The topological polar surface area (TPSA) is 200 Å². The average Bonchev–Trinajstić information content (AvgIpc) is 3.64. The first kappa shape index (κ1) is 86.1. The molecule has 16 nitrogen and oxygen atoms in total. The number of hydrogen-bond acceptors (Lipinski definition) is 12. The fraction of sp³-hybridized carbons (Fsp3) is 0.640. The van der Waals surface area contributed by atoms with Crippen LogP contribution in [0, 0.1) is 10.8 Å². The van der Waals surface area contributed by atoms with E-state index >= 15 is 0 Å². The van der Waals surface area contributed by atoms with E-state index in [0.29, 0.717) is 63.2 Å². The molecule has 0 bridgehead atoms. The molecule has 4 fully saturated rings. The third-order valence-electron chi connectivity index (χ3n) is 13.8. The van der Waals surface area contributed by atoms with Crippen LogP contribution in [0.5, 0.6) is 0 Å². The number of carbonyl (C=O) groups is 6. The maximum absolute atomic E-state index is 14.4. The molecule has 6 N–H and O–H groups in total. The maximum atomic E-state index is 14.4. The zero-order valence-corrected chi connectivity index (χ0v) is 57.6. The molecule has 0 saturated carbocycles. The van der Waals surface area contributed by atoms with Crippen LogP contribution in [0.15, 0.2) is 60.7 Å². The molecule has 4 heterocycles. The first-order valence-electron chi connectivity index (χ1n) is 24.2. The van der Waals surface area contributed by atoms with Crippen LogP contribution in [0.4, 0.5) is 0 Å². The van der Waals surface area contributed by atoms with Gasteiger partial charge in [0.25, 0.3) is 0 Å². The molecule has 6 amide bonds. The number of benzene rings is 2. The van der Waals surface area contributed by atoms with Gasteiger partial charge in [0.05, 0.1) is 48.1 Å². The zero-order chi connectivity index (χ0) is 49.2. The van der Waals surface area contributed by atoms with Gasteiger partial charge >= 0.3 is 0 Å². The molecule has 0 aromatic heterocycles. The first-order chi connectivity index (χ1) is 32.5. The quantitative estimate of drug-likeness (QED) is 0.0916. The molecule has 454 valence electrons. The monoisotopic (exact) mass is 1320 g/mol. The van der Waals surface area contributed by atoms with Crippen molar-refractivity contribution >= 4 is 194 Å². The van der Waals surface area contributed by atoms with Crippen molar-refractivity contribution in [1.82, 2.24) is 41.7 Å². The largest absolute Gasteiger partial charge is 0.379 e. The summed E-state index contributed by atoms with van der Waals surface area (Å²) in [6.07, 6.45) is 3.66. The van der Waals surface area contributed by atoms with E-state index in [0.717, 1.165) is 11.1 Å². The van der Waals surface area contributed by atoms with Crippen molar-refractivity contribution in [3.8, 4) is 0 Å². The number of fused-ring (bicyclic) bond motifs is 2. The SMILES string of the molecule is CN[C@@H](C)C(=O)N[C@H]1CCS[C@H]2CC(C)(C)[C@@H](C(=O)N[C@H](COCCCCOC[C@@H](NC(=O)[C@H]3N4C(=O)[C@@H](NC(=O)[C@H](C)NC)CCS[C@H]4CC3(C)C)c3ccccc3)c3ccccc3)N2C1=O.S.S.S.S.S.S.S.S.S.S. The van der Waals surface area contributed by atoms with Crippen molar-refractivity contribution in [2.75, 3.05) is 52.0 Å². The van der Waals surface area contributed by atoms with E-state index in [1.165, 1.54) is 0 Å². The zero-order valence-electron chi connectivity index (χ0n) is 46.0. The fourth-order valence-electron chi connectivity index (χ4n) is 9.68. The molecular weight excluding hydrogens is 1230 g/mol. The Morgan fingerprint density at radius 1 is 0.564 bits per heavy atom. The van der Waals surface area contributed by atoms with Crippen LogP contribution < -0.4 is 31.9 Å². The van der Waals surface area contributed by atoms with E-state index in [9.17, 15) is 28.8 Å². The lowest BCUT2D eigenvalue weighted by Gasteiger charge is -2.35. The van der Waals surface area contributed by atoms with Crippen molar-refractivity contribution in [3.63, 3.8) is 0 Å². The molecule has 4 aliphatic heterocycles. The van der Waals surface area contributed by atoms with E-state index in [1.807, 2.05) is 88.4 Å². The van der Waals surface area contributed by atoms with Crippen molar-refractivity contribution in [1.29, 1.82) is 0 Å². The van der Waals surface area contributed by atoms with Gasteiger partial charge in [0.2, 0.25) is 35.4 Å². The normalized spacial score (nSPS) is 22.7. The highest BCUT2D eigenvalue weighted by molar-refractivity contribution is 8.00. The number of unbranched alkanes of at least 4 members (excludes halogenated alkanes) is 1. The number of carbonyl (C=O) groups excluding carboxylic acids is 6. The van der Waals surface area contributed by atoms with Gasteiger partial charge < -0.3 is 51.2 Å². The number of ether oxygens (including phenoxy) is 2. The standard InChI is InChI=1S/C50H74N8O8S2.10H2S/c1-31(51-7)43(59)53-35-21-25-67-39-27-49(3,4)41(57(39)47(35)63)45(61)55-37(33-17-11-9-12-18-33)29-65-23-15-16-24-66-30-38(34-19-13-10-14-20-34)56-46(62)42-50(5,6)28-40-58(42)48(64)36(22-26-68-40)54-44(60)32(2)52-8;;;;;;;;;;/h9-14,17-20,31-32,35-42,51-52H,15-16,21-30H2,1-8H3,(H,53,59)(H,54,60)(H,55,61)(H,56,62);10*1H2/t31-,32-,35-,36-,37+,38+,39-,40-,41+,42+;;;;;;;;;;/m0........../s1. The highest BCUT2D eigenvalue weighted by Crippen LogP contribution is 2.48. The van der Waals surface area contributed by atoms with E-state index in [2.05, 4.69) is 31.9 Å². The second kappa shape index (κ2) is 40.5. The third kappa shape index (κ3) is 22.4. The number of nitrogens with one attached hydrogen (secondary N) is 6. The molecular formula is C50H94N8O8S12. The van der Waals surface area contributed by atoms with Gasteiger partial charge in [-0.3, -0.25) is 28.8 Å². The van der Waals surface area contributed by atoms with Gasteiger partial charge in [-0.25, -0.2) is 0 Å². The van der Waals surface area contributed by atoms with Crippen molar-refractivity contribution in [2.24, 2.45) is 10.8 Å². The summed E-state index contributed by atoms with van der Waals surface area (Å²) in [7, 11) is 3.40. The van der Waals surface area contributed by atoms with Crippen molar-refractivity contribution in [3.05, 3.63) is 71.8 Å². The summed E-state index contributed by atoms with van der Waals surface area (Å²) in [5.41, 5.74) is 0.744. The second-order valence-electron chi connectivity index (χ2n) is 19.9. The average molecular weight is 1320 g/mol. The molecule has 78 heavy (non-hydrogen) atoms. The molecule has 4 saturated heterocycles. The second-order valence-corrected chi connectivity index (χ2v) is 22.4. The summed E-state index contributed by atoms with van der Waals surface area (Å²) in [4.78, 5) is 86.1. The Morgan fingerprint density at radius 3 is 1.19 bits per heavy atom. The molecule has 4 aliphatic rings. The van der Waals surface area contributed by atoms with Gasteiger partial charge in [-0.05, 0) is 99.9 Å². The molecule has 0 radical (unpaired) electrons. The number of hydrogen-bond donors (Lipinski definition) is 6. The maximum Gasteiger partial charge on any atom is 0.246 e. The smallest absolute Gasteiger partial charge is 0.246 e. The molecule has 2 aromatic rings. The molecule has 0 spiro atoms. The van der Waals surface area contributed by atoms with E-state index in [-0.39, 0.29) is 194 Å². The molecule has 2 aromatic carbocycles. The Morgan fingerprint density at radius 2 is 0.885 bits per heavy atom. The summed E-state index contributed by atoms with van der Waals surface area (Å²) in [6, 6.07) is 14.6. The van der Waals surface area contributed by atoms with E-state index < -0.39 is 59.2 Å². The van der Waals surface area contributed by atoms with Crippen LogP contribution in [0.25, 0.3) is 0 Å². The van der Waals surface area contributed by atoms with Crippen molar-refractivity contribution < 1.29 is 38.2 Å². The number of nitrogens with zero attached hydrogens (tertiary/aromatic N) is 2. The minimum absolute atomic E-state index is 0. The van der Waals surface area contributed by atoms with Crippen molar-refractivity contribution in [2.45, 2.75) is 139 Å². The van der Waals surface area contributed by atoms with Gasteiger partial charge in [-0.1, -0.05) is 88.4 Å². The third-order valence-corrected chi connectivity index (χ3v) is 16.3. The molecule has 0 unspecified atom stereocenters. The van der Waals surface area contributed by atoms with Crippen LogP contribution in [-0.2, 0) is 38.2 Å². The Hall–Kier alpha value is -0.700. The summed E-state index contributed by atoms with van der Waals surface area (Å²) >= 11 is 3.32. The van der Waals surface area contributed by atoms with Crippen LogP contribution in [-0.4, -0.2) is 144 Å². The number of amides is 6. The fourth-order valence-corrected chi connectivity index (χ4v) is 12.8. The minimum Gasteiger partial charge on any atom is -0.379 e. The summed E-state index contributed by atoms with van der Waals surface area (Å²) < 4.78 is 12.4. The highest BCUT2D eigenvalue weighted by atomic mass is 32.2. The first-order valence-corrected chi connectivity index (χ1v) is 26.3. The van der Waals surface area contributed by atoms with Gasteiger partial charge in [-0.15, -0.1) is 23.5 Å². The molecule has 10 atom stereocenters. The predicted octanol–water partition coefficient (Wildman–Crippen LogP) is 5.01. The number of thioether (sulfide) groups is 2. The van der Waals surface area contributed by atoms with Crippen LogP contribution in [0.1, 0.15) is 103 Å². The summed E-state index contributed by atoms with van der Waals surface area (Å²) in [6.45, 7) is 12.9. The van der Waals surface area contributed by atoms with Gasteiger partial charge in [0.15, 0.2) is 0 Å². The van der Waals surface area contributed by atoms with Crippen LogP contribution in [0.3, 0.4) is 0 Å². The summed E-state index contributed by atoms with van der Waals surface area (Å²) in [5.74, 6) is -0.106. The molecule has 0 aliphatic carbocycles. The Bertz CT molecular complexity index is 1940. The Balaban J connectivity index is -0.00000178. The number of rotatable bonds is 21. The van der Waals surface area contributed by atoms with Gasteiger partial charge in [-0.2, -0.15) is 135 Å². The predicted molar refractivity (Wildman–Crippen MR) is 370 cm³/mol. The lowest BCUT2D eigenvalue weighted by atomic mass is 9.83. The lowest BCUT2D eigenvalue weighted by Crippen LogP contribution is -2.58. The minimum atomic E-state index is -0.740. The Labute approximate surface area is 543 Å². The van der Waals surface area contributed by atoms with Gasteiger partial charge in [0.1, 0.15) is 24.2 Å². The van der Waals surface area contributed by atoms with Crippen LogP contribution in [0.2, 0.25) is 0 Å². The van der Waals surface area contributed by atoms with E-state index in [4.69, 9.17) is 9.47 Å². The molecule has 6 rings (SSSR count). The van der Waals surface area contributed by atoms with E-state index in [1.54, 1.807) is 61.3 Å². The number of likely N-dealkylation sites (N-methyl/N-ethyl adjacent to an activating group) is 2. The Kier molecular flexibility index (Phi) is 44.7. The lowest BCUT2D eigenvalue weighted by molar-refractivity contribution is -0.144. The summed E-state index contributed by atoms with van der Waals surface area (Å²) in [5, 5.41) is 17.8.